The number of benzene rings is 2. The molecule has 0 bridgehead atoms. The van der Waals surface area contributed by atoms with Crippen LogP contribution < -0.4 is 4.74 Å². The van der Waals surface area contributed by atoms with Crippen LogP contribution in [-0.2, 0) is 16.1 Å². The lowest BCUT2D eigenvalue weighted by Gasteiger charge is -2.20. The number of aromatic amines is 1. The maximum atomic E-state index is 15.7. The van der Waals surface area contributed by atoms with Crippen LogP contribution in [0.25, 0.3) is 22.6 Å². The number of hydrogen-bond acceptors (Lipinski definition) is 7. The van der Waals surface area contributed by atoms with Crippen LogP contribution in [0.3, 0.4) is 0 Å². The van der Waals surface area contributed by atoms with Crippen molar-refractivity contribution in [2.75, 3.05) is 13.1 Å². The van der Waals surface area contributed by atoms with Gasteiger partial charge < -0.3 is 14.5 Å². The highest BCUT2D eigenvalue weighted by atomic mass is 19.1. The first-order chi connectivity index (χ1) is 21.7. The molecule has 2 atom stereocenters. The van der Waals surface area contributed by atoms with Gasteiger partial charge in [-0.25, -0.2) is 9.37 Å². The largest absolute Gasteiger partial charge is 0.457 e. The molecule has 2 unspecified atom stereocenters. The number of amides is 2. The van der Waals surface area contributed by atoms with Gasteiger partial charge in [-0.2, -0.15) is 15.3 Å². The summed E-state index contributed by atoms with van der Waals surface area (Å²) in [4.78, 5) is 33.4. The third kappa shape index (κ3) is 6.03. The van der Waals surface area contributed by atoms with Crippen molar-refractivity contribution in [2.24, 2.45) is 5.92 Å². The average Bonchev–Trinajstić information content (AvgIpc) is 3.46. The van der Waals surface area contributed by atoms with Gasteiger partial charge in [0.2, 0.25) is 11.8 Å². The van der Waals surface area contributed by atoms with E-state index in [0.717, 1.165) is 29.8 Å². The minimum atomic E-state index is -0.511. The minimum Gasteiger partial charge on any atom is -0.457 e. The summed E-state index contributed by atoms with van der Waals surface area (Å²) in [7, 11) is 0. The molecule has 3 fully saturated rings. The van der Waals surface area contributed by atoms with E-state index in [1.807, 2.05) is 48.2 Å². The van der Waals surface area contributed by atoms with Crippen molar-refractivity contribution < 1.29 is 18.7 Å². The van der Waals surface area contributed by atoms with Crippen molar-refractivity contribution in [3.8, 4) is 34.1 Å². The van der Waals surface area contributed by atoms with Gasteiger partial charge in [-0.15, -0.1) is 0 Å². The van der Waals surface area contributed by atoms with E-state index in [1.54, 1.807) is 11.0 Å². The van der Waals surface area contributed by atoms with Crippen LogP contribution in [0.5, 0.6) is 11.5 Å². The molecule has 4 aromatic rings. The number of likely N-dealkylation sites (tertiary alicyclic amines) is 2. The van der Waals surface area contributed by atoms with Gasteiger partial charge in [0.1, 0.15) is 23.1 Å². The third-order valence-corrected chi connectivity index (χ3v) is 8.85. The predicted octanol–water partition coefficient (Wildman–Crippen LogP) is 5.83. The fraction of sp³-hybridized carbons (Fsp3) is 0.412. The highest BCUT2D eigenvalue weighted by molar-refractivity contribution is 5.80. The monoisotopic (exact) mass is 609 g/mol. The first kappa shape index (κ1) is 29.1. The molecule has 2 aliphatic heterocycles. The second-order valence-electron chi connectivity index (χ2n) is 12.9. The summed E-state index contributed by atoms with van der Waals surface area (Å²) in [6.07, 6.45) is 2.93. The molecule has 232 valence electrons. The average molecular weight is 610 g/mol. The Kier molecular flexibility index (Phi) is 7.55. The van der Waals surface area contributed by atoms with Crippen molar-refractivity contribution in [3.63, 3.8) is 0 Å². The fourth-order valence-electron chi connectivity index (χ4n) is 6.17. The maximum Gasteiger partial charge on any atom is 0.223 e. The van der Waals surface area contributed by atoms with E-state index in [-0.39, 0.29) is 41.6 Å². The molecule has 0 radical (unpaired) electrons. The summed E-state index contributed by atoms with van der Waals surface area (Å²) in [5.41, 5.74) is 3.30. The Morgan fingerprint density at radius 3 is 2.47 bits per heavy atom. The second-order valence-corrected chi connectivity index (χ2v) is 12.9. The smallest absolute Gasteiger partial charge is 0.223 e. The summed E-state index contributed by atoms with van der Waals surface area (Å²) in [5, 5.41) is 16.0. The first-order valence-electron chi connectivity index (χ1n) is 15.7. The molecule has 2 amide bonds. The van der Waals surface area contributed by atoms with Crippen molar-refractivity contribution in [3.05, 3.63) is 71.4 Å². The molecule has 4 heterocycles. The van der Waals surface area contributed by atoms with E-state index in [2.05, 4.69) is 39.2 Å². The highest BCUT2D eigenvalue weighted by Gasteiger charge is 2.41. The van der Waals surface area contributed by atoms with E-state index < -0.39 is 5.82 Å². The van der Waals surface area contributed by atoms with Crippen LogP contribution in [0.2, 0.25) is 0 Å². The molecule has 3 aliphatic rings. The number of carbonyl (C=O) groups is 2. The molecule has 1 saturated carbocycles. The van der Waals surface area contributed by atoms with Crippen LogP contribution in [0.15, 0.2) is 48.5 Å². The summed E-state index contributed by atoms with van der Waals surface area (Å²) < 4.78 is 22.1. The Morgan fingerprint density at radius 1 is 1.00 bits per heavy atom. The number of H-pyrrole nitrogens is 1. The Bertz CT molecular complexity index is 1730. The van der Waals surface area contributed by atoms with Gasteiger partial charge in [0, 0.05) is 55.6 Å². The number of nitrogens with zero attached hydrogens (tertiary/aromatic N) is 6. The van der Waals surface area contributed by atoms with Crippen LogP contribution in [-0.4, -0.2) is 66.1 Å². The number of rotatable bonds is 9. The molecule has 2 aromatic heterocycles. The van der Waals surface area contributed by atoms with Gasteiger partial charge in [-0.05, 0) is 73.2 Å². The number of aromatic nitrogens is 5. The lowest BCUT2D eigenvalue weighted by molar-refractivity contribution is -0.129. The fourth-order valence-corrected chi connectivity index (χ4v) is 6.17. The molecule has 0 spiro atoms. The van der Waals surface area contributed by atoms with Gasteiger partial charge in [0.15, 0.2) is 5.82 Å². The predicted molar refractivity (Wildman–Crippen MR) is 165 cm³/mol. The number of hydrogen-bond donors (Lipinski definition) is 1. The van der Waals surface area contributed by atoms with E-state index in [4.69, 9.17) is 4.74 Å². The summed E-state index contributed by atoms with van der Waals surface area (Å²) >= 11 is 0. The topological polar surface area (TPSA) is 117 Å². The first-order valence-corrected chi connectivity index (χ1v) is 15.7. The van der Waals surface area contributed by atoms with Gasteiger partial charge in [-0.1, -0.05) is 20.8 Å². The quantitative estimate of drug-likeness (QED) is 0.254. The van der Waals surface area contributed by atoms with Crippen LogP contribution in [0.1, 0.15) is 75.4 Å². The molecule has 7 rings (SSSR count). The van der Waals surface area contributed by atoms with Gasteiger partial charge in [0.05, 0.1) is 17.0 Å². The Morgan fingerprint density at radius 2 is 1.80 bits per heavy atom. The van der Waals surface area contributed by atoms with Gasteiger partial charge in [0.25, 0.3) is 0 Å². The second kappa shape index (κ2) is 11.7. The van der Waals surface area contributed by atoms with E-state index in [1.165, 1.54) is 6.07 Å². The van der Waals surface area contributed by atoms with Crippen LogP contribution in [0, 0.1) is 11.7 Å². The summed E-state index contributed by atoms with van der Waals surface area (Å²) in [6.45, 7) is 7.61. The SMILES string of the molecule is CC1CC(=O)N(Cc2cc(F)c(-c3n[nH]c(C4CC(=O)N(C5CC5)C4)n3)cc2Oc2ccc(-c3ccc(C(C)C)nn3)cc2)C1. The number of ether oxygens (including phenoxy) is 1. The lowest BCUT2D eigenvalue weighted by atomic mass is 10.1. The van der Waals surface area contributed by atoms with Gasteiger partial charge in [-0.3, -0.25) is 14.7 Å². The van der Waals surface area contributed by atoms with Gasteiger partial charge >= 0.3 is 0 Å². The molecule has 1 N–H and O–H groups in total. The summed E-state index contributed by atoms with van der Waals surface area (Å²) in [5.74, 6) is 1.81. The van der Waals surface area contributed by atoms with Crippen LogP contribution >= 0.6 is 0 Å². The number of nitrogens with one attached hydrogen (secondary N) is 1. The molecule has 10 nitrogen and oxygen atoms in total. The van der Waals surface area contributed by atoms with Crippen LogP contribution in [0.4, 0.5) is 4.39 Å². The molecule has 2 aromatic carbocycles. The normalized spacial score (nSPS) is 20.1. The zero-order valence-electron chi connectivity index (χ0n) is 25.7. The van der Waals surface area contributed by atoms with E-state index in [0.29, 0.717) is 60.8 Å². The maximum absolute atomic E-state index is 15.7. The Balaban J connectivity index is 1.16. The van der Waals surface area contributed by atoms with Crippen molar-refractivity contribution in [1.82, 2.24) is 35.2 Å². The Labute approximate surface area is 261 Å². The van der Waals surface area contributed by atoms with E-state index >= 15 is 4.39 Å². The number of carbonyl (C=O) groups excluding carboxylic acids is 2. The summed E-state index contributed by atoms with van der Waals surface area (Å²) in [6, 6.07) is 14.7. The number of halogens is 1. The zero-order chi connectivity index (χ0) is 31.2. The zero-order valence-corrected chi connectivity index (χ0v) is 25.7. The molecular formula is C34H36FN7O3. The third-order valence-electron chi connectivity index (χ3n) is 8.85. The Hall–Kier alpha value is -4.67. The molecule has 2 saturated heterocycles. The molecular weight excluding hydrogens is 573 g/mol. The van der Waals surface area contributed by atoms with Crippen molar-refractivity contribution in [2.45, 2.75) is 70.9 Å². The minimum absolute atomic E-state index is 0.0387. The van der Waals surface area contributed by atoms with Crippen molar-refractivity contribution in [1.29, 1.82) is 0 Å². The highest BCUT2D eigenvalue weighted by Crippen LogP contribution is 2.38. The molecule has 45 heavy (non-hydrogen) atoms. The molecule has 11 heteroatoms. The van der Waals surface area contributed by atoms with Crippen molar-refractivity contribution >= 4 is 11.8 Å². The van der Waals surface area contributed by atoms with E-state index in [9.17, 15) is 9.59 Å². The lowest BCUT2D eigenvalue weighted by Crippen LogP contribution is -2.27. The standard InChI is InChI=1S/C34H36FN7O3/c1-19(2)28-10-11-29(38-37-28)21-4-8-25(9-5-21)45-30-15-26(27(35)13-22(30)17-41-16-20(3)12-31(41)43)34-36-33(39-40-34)23-14-32(44)42(18-23)24-6-7-24/h4-5,8-11,13,15,19-20,23-24H,6-7,12,14,16-18H2,1-3H3,(H,36,39,40). The molecule has 1 aliphatic carbocycles.